The van der Waals surface area contributed by atoms with Crippen molar-refractivity contribution >= 4 is 0 Å². The van der Waals surface area contributed by atoms with Crippen molar-refractivity contribution in [2.45, 2.75) is 89.8 Å². The molecule has 2 aliphatic rings. The van der Waals surface area contributed by atoms with E-state index in [4.69, 9.17) is 0 Å². The molecule has 0 heterocycles. The van der Waals surface area contributed by atoms with Crippen LogP contribution in [0.3, 0.4) is 0 Å². The van der Waals surface area contributed by atoms with Crippen molar-refractivity contribution < 1.29 is 26.7 Å². The maximum absolute atomic E-state index is 14.1. The zero-order chi connectivity index (χ0) is 22.4. The average molecular weight is 445 g/mol. The summed E-state index contributed by atoms with van der Waals surface area (Å²) >= 11 is 0. The van der Waals surface area contributed by atoms with Crippen LogP contribution in [0.15, 0.2) is 24.3 Å². The first-order chi connectivity index (χ1) is 14.8. The lowest BCUT2D eigenvalue weighted by Gasteiger charge is -2.38. The summed E-state index contributed by atoms with van der Waals surface area (Å²) in [6, 6.07) is 2.01. The molecule has 6 heteroatoms. The molecule has 0 bridgehead atoms. The first-order valence-electron chi connectivity index (χ1n) is 11.7. The van der Waals surface area contributed by atoms with Crippen molar-refractivity contribution in [3.8, 4) is 5.75 Å². The minimum atomic E-state index is -5.12. The molecular weight excluding hydrogens is 411 g/mol. The SMILES string of the molecule is CCC/C=C/CC1CCC(C2CCC(c3cc(F)c(OC(F)(F)F)c(F)c3)CC2)CC1. The summed E-state index contributed by atoms with van der Waals surface area (Å²) in [6.07, 6.45) is 11.8. The Labute approximate surface area is 182 Å². The highest BCUT2D eigenvalue weighted by Crippen LogP contribution is 2.45. The van der Waals surface area contributed by atoms with Crippen LogP contribution < -0.4 is 4.74 Å². The summed E-state index contributed by atoms with van der Waals surface area (Å²) in [6.45, 7) is 2.19. The van der Waals surface area contributed by atoms with Crippen LogP contribution in [0.5, 0.6) is 5.75 Å². The van der Waals surface area contributed by atoms with Gasteiger partial charge in [-0.2, -0.15) is 0 Å². The van der Waals surface area contributed by atoms with Gasteiger partial charge in [0.1, 0.15) is 0 Å². The minimum Gasteiger partial charge on any atom is -0.399 e. The fourth-order valence-electron chi connectivity index (χ4n) is 5.42. The van der Waals surface area contributed by atoms with Gasteiger partial charge in [-0.25, -0.2) is 8.78 Å². The third-order valence-electron chi connectivity index (χ3n) is 7.13. The molecule has 2 saturated carbocycles. The summed E-state index contributed by atoms with van der Waals surface area (Å²) in [5.41, 5.74) is 0.436. The number of unbranched alkanes of at least 4 members (excludes halogenated alkanes) is 1. The van der Waals surface area contributed by atoms with E-state index in [0.29, 0.717) is 11.5 Å². The van der Waals surface area contributed by atoms with Gasteiger partial charge in [0, 0.05) is 0 Å². The number of rotatable bonds is 7. The maximum atomic E-state index is 14.1. The summed E-state index contributed by atoms with van der Waals surface area (Å²) in [5, 5.41) is 0. The summed E-state index contributed by atoms with van der Waals surface area (Å²) < 4.78 is 68.6. The number of allylic oxidation sites excluding steroid dienone is 2. The van der Waals surface area contributed by atoms with Crippen molar-refractivity contribution in [2.75, 3.05) is 0 Å². The fraction of sp³-hybridized carbons (Fsp3) is 0.680. The van der Waals surface area contributed by atoms with Gasteiger partial charge in [0.05, 0.1) is 0 Å². The van der Waals surface area contributed by atoms with E-state index in [1.807, 2.05) is 0 Å². The molecule has 2 aliphatic carbocycles. The molecule has 1 nitrogen and oxygen atoms in total. The quantitative estimate of drug-likeness (QED) is 0.302. The van der Waals surface area contributed by atoms with Gasteiger partial charge in [-0.15, -0.1) is 13.2 Å². The van der Waals surface area contributed by atoms with E-state index in [9.17, 15) is 22.0 Å². The Morgan fingerprint density at radius 1 is 0.871 bits per heavy atom. The van der Waals surface area contributed by atoms with Gasteiger partial charge in [-0.3, -0.25) is 0 Å². The Morgan fingerprint density at radius 3 is 1.94 bits per heavy atom. The van der Waals surface area contributed by atoms with Crippen LogP contribution in [0.4, 0.5) is 22.0 Å². The van der Waals surface area contributed by atoms with Crippen LogP contribution in [0.1, 0.15) is 89.0 Å². The third-order valence-corrected chi connectivity index (χ3v) is 7.13. The van der Waals surface area contributed by atoms with E-state index >= 15 is 0 Å². The summed E-state index contributed by atoms with van der Waals surface area (Å²) in [5.74, 6) is -1.79. The molecule has 3 rings (SSSR count). The predicted octanol–water partition coefficient (Wildman–Crippen LogP) is 8.69. The second kappa shape index (κ2) is 10.8. The van der Waals surface area contributed by atoms with Crippen LogP contribution in [0.2, 0.25) is 0 Å². The lowest BCUT2D eigenvalue weighted by Crippen LogP contribution is -2.25. The molecule has 0 N–H and O–H groups in total. The maximum Gasteiger partial charge on any atom is 0.573 e. The van der Waals surface area contributed by atoms with Gasteiger partial charge in [0.15, 0.2) is 11.6 Å². The third kappa shape index (κ3) is 6.95. The van der Waals surface area contributed by atoms with Gasteiger partial charge < -0.3 is 4.74 Å². The van der Waals surface area contributed by atoms with E-state index in [0.717, 1.165) is 56.1 Å². The Balaban J connectivity index is 1.49. The molecule has 0 amide bonds. The molecule has 0 atom stereocenters. The molecular formula is C25H33F5O. The van der Waals surface area contributed by atoms with Crippen molar-refractivity contribution in [2.24, 2.45) is 17.8 Å². The van der Waals surface area contributed by atoms with E-state index < -0.39 is 23.7 Å². The topological polar surface area (TPSA) is 9.23 Å². The molecule has 0 aliphatic heterocycles. The largest absolute Gasteiger partial charge is 0.573 e. The van der Waals surface area contributed by atoms with E-state index in [2.05, 4.69) is 23.8 Å². The van der Waals surface area contributed by atoms with Gasteiger partial charge >= 0.3 is 6.36 Å². The lowest BCUT2D eigenvalue weighted by molar-refractivity contribution is -0.276. The Bertz CT molecular complexity index is 703. The molecule has 0 spiro atoms. The first kappa shape index (κ1) is 24.1. The number of ether oxygens (including phenoxy) is 1. The molecule has 0 radical (unpaired) electrons. The van der Waals surface area contributed by atoms with Crippen LogP contribution in [-0.2, 0) is 0 Å². The highest BCUT2D eigenvalue weighted by atomic mass is 19.4. The van der Waals surface area contributed by atoms with Crippen LogP contribution in [0.25, 0.3) is 0 Å². The monoisotopic (exact) mass is 444 g/mol. The van der Waals surface area contributed by atoms with Crippen molar-refractivity contribution in [1.29, 1.82) is 0 Å². The zero-order valence-corrected chi connectivity index (χ0v) is 18.2. The van der Waals surface area contributed by atoms with Gasteiger partial charge in [-0.05, 0) is 106 Å². The van der Waals surface area contributed by atoms with E-state index in [1.54, 1.807) is 0 Å². The molecule has 2 fully saturated rings. The van der Waals surface area contributed by atoms with E-state index in [-0.39, 0.29) is 5.92 Å². The van der Waals surface area contributed by atoms with Crippen LogP contribution >= 0.6 is 0 Å². The standard InChI is InChI=1S/C25H33F5O/c1-2-3-4-5-6-17-7-9-18(10-8-17)19-11-13-20(14-12-19)21-15-22(26)24(23(27)16-21)31-25(28,29)30/h4-5,15-20H,2-3,6-14H2,1H3/b5-4+. The van der Waals surface area contributed by atoms with Crippen molar-refractivity contribution in [1.82, 2.24) is 0 Å². The lowest BCUT2D eigenvalue weighted by atomic mass is 9.68. The molecule has 0 aromatic heterocycles. The zero-order valence-electron chi connectivity index (χ0n) is 18.2. The molecule has 174 valence electrons. The number of hydrogen-bond donors (Lipinski definition) is 0. The normalized spacial score (nSPS) is 27.5. The van der Waals surface area contributed by atoms with Crippen molar-refractivity contribution in [3.05, 3.63) is 41.5 Å². The Morgan fingerprint density at radius 2 is 1.42 bits per heavy atom. The van der Waals surface area contributed by atoms with Gasteiger partial charge in [-0.1, -0.05) is 25.5 Å². The second-order valence-corrected chi connectivity index (χ2v) is 9.25. The molecule has 0 saturated heterocycles. The van der Waals surface area contributed by atoms with Crippen molar-refractivity contribution in [3.63, 3.8) is 0 Å². The average Bonchev–Trinajstić information content (AvgIpc) is 2.74. The van der Waals surface area contributed by atoms with Gasteiger partial charge in [0.25, 0.3) is 0 Å². The summed E-state index contributed by atoms with van der Waals surface area (Å²) in [4.78, 5) is 0. The number of alkyl halides is 3. The molecule has 1 aromatic carbocycles. The smallest absolute Gasteiger partial charge is 0.399 e. The van der Waals surface area contributed by atoms with Crippen LogP contribution in [-0.4, -0.2) is 6.36 Å². The first-order valence-corrected chi connectivity index (χ1v) is 11.7. The Kier molecular flexibility index (Phi) is 8.40. The molecule has 1 aromatic rings. The highest BCUT2D eigenvalue weighted by Gasteiger charge is 2.35. The minimum absolute atomic E-state index is 0.0137. The summed E-state index contributed by atoms with van der Waals surface area (Å²) in [7, 11) is 0. The number of benzene rings is 1. The molecule has 31 heavy (non-hydrogen) atoms. The van der Waals surface area contributed by atoms with Crippen LogP contribution in [0, 0.1) is 29.4 Å². The highest BCUT2D eigenvalue weighted by molar-refractivity contribution is 5.33. The Hall–Kier alpha value is -1.59. The predicted molar refractivity (Wildman–Crippen MR) is 112 cm³/mol. The van der Waals surface area contributed by atoms with E-state index in [1.165, 1.54) is 38.5 Å². The second-order valence-electron chi connectivity index (χ2n) is 9.25. The molecule has 0 unspecified atom stereocenters. The number of hydrogen-bond acceptors (Lipinski definition) is 1. The number of halogens is 5. The fourth-order valence-corrected chi connectivity index (χ4v) is 5.42. The van der Waals surface area contributed by atoms with Gasteiger partial charge in [0.2, 0.25) is 5.75 Å².